The van der Waals surface area contributed by atoms with Gasteiger partial charge in [0, 0.05) is 19.3 Å². The first-order valence-electron chi connectivity index (χ1n) is 4.78. The topological polar surface area (TPSA) is 82.5 Å². The minimum atomic E-state index is -0.0000265. The van der Waals surface area contributed by atoms with Gasteiger partial charge in [0.25, 0.3) is 0 Å². The summed E-state index contributed by atoms with van der Waals surface area (Å²) in [7, 11) is 1.79. The van der Waals surface area contributed by atoms with Crippen molar-refractivity contribution in [3.8, 4) is 0 Å². The Morgan fingerprint density at radius 2 is 2.31 bits per heavy atom. The highest BCUT2D eigenvalue weighted by atomic mass is 32.2. The third-order valence-corrected chi connectivity index (χ3v) is 3.02. The molecule has 2 heterocycles. The molecule has 0 saturated heterocycles. The molecule has 0 fully saturated rings. The second-order valence-corrected chi connectivity index (χ2v) is 4.39. The molecule has 0 aliphatic carbocycles. The van der Waals surface area contributed by atoms with Crippen molar-refractivity contribution in [1.29, 1.82) is 0 Å². The predicted molar refractivity (Wildman–Crippen MR) is 59.8 cm³/mol. The molecule has 84 valence electrons. The SMILES string of the molecule is C[C@H](N)c1ccnc(Sc2nnnn2C)c1. The van der Waals surface area contributed by atoms with Crippen LogP contribution in [0.25, 0.3) is 0 Å². The van der Waals surface area contributed by atoms with Gasteiger partial charge < -0.3 is 5.73 Å². The van der Waals surface area contributed by atoms with Crippen molar-refractivity contribution in [1.82, 2.24) is 25.2 Å². The number of pyridine rings is 1. The van der Waals surface area contributed by atoms with Gasteiger partial charge in [0.05, 0.1) is 0 Å². The Bertz CT molecular complexity index is 480. The summed E-state index contributed by atoms with van der Waals surface area (Å²) < 4.78 is 1.60. The second kappa shape index (κ2) is 4.58. The normalized spacial score (nSPS) is 12.7. The average molecular weight is 236 g/mol. The minimum absolute atomic E-state index is 0.0000265. The molecule has 0 saturated carbocycles. The zero-order valence-electron chi connectivity index (χ0n) is 9.03. The fourth-order valence-electron chi connectivity index (χ4n) is 1.17. The van der Waals surface area contributed by atoms with Crippen LogP contribution in [0.15, 0.2) is 28.5 Å². The number of hydrogen-bond donors (Lipinski definition) is 1. The Morgan fingerprint density at radius 1 is 1.50 bits per heavy atom. The number of aryl methyl sites for hydroxylation is 1. The van der Waals surface area contributed by atoms with Crippen LogP contribution in [0.1, 0.15) is 18.5 Å². The molecule has 2 aromatic heterocycles. The molecule has 1 atom stereocenters. The minimum Gasteiger partial charge on any atom is -0.324 e. The van der Waals surface area contributed by atoms with E-state index in [4.69, 9.17) is 5.73 Å². The van der Waals surface area contributed by atoms with E-state index in [2.05, 4.69) is 20.5 Å². The molecule has 0 radical (unpaired) electrons. The summed E-state index contributed by atoms with van der Waals surface area (Å²) in [6, 6.07) is 3.85. The highest BCUT2D eigenvalue weighted by Crippen LogP contribution is 2.24. The summed E-state index contributed by atoms with van der Waals surface area (Å²) in [6.45, 7) is 1.94. The highest BCUT2D eigenvalue weighted by Gasteiger charge is 2.07. The summed E-state index contributed by atoms with van der Waals surface area (Å²) in [5.74, 6) is 0. The maximum atomic E-state index is 5.80. The van der Waals surface area contributed by atoms with Gasteiger partial charge in [0.1, 0.15) is 5.03 Å². The smallest absolute Gasteiger partial charge is 0.215 e. The van der Waals surface area contributed by atoms with Gasteiger partial charge in [-0.25, -0.2) is 9.67 Å². The van der Waals surface area contributed by atoms with Gasteiger partial charge in [0.2, 0.25) is 5.16 Å². The lowest BCUT2D eigenvalue weighted by atomic mass is 10.1. The second-order valence-electron chi connectivity index (χ2n) is 3.40. The number of hydrogen-bond acceptors (Lipinski definition) is 6. The van der Waals surface area contributed by atoms with Gasteiger partial charge >= 0.3 is 0 Å². The van der Waals surface area contributed by atoms with Crippen molar-refractivity contribution < 1.29 is 0 Å². The first-order chi connectivity index (χ1) is 7.66. The Labute approximate surface area is 97.2 Å². The Hall–Kier alpha value is -1.47. The molecular weight excluding hydrogens is 224 g/mol. The quantitative estimate of drug-likeness (QED) is 0.847. The van der Waals surface area contributed by atoms with Crippen molar-refractivity contribution in [2.75, 3.05) is 0 Å². The predicted octanol–water partition coefficient (Wildman–Crippen LogP) is 0.776. The van der Waals surface area contributed by atoms with Crippen molar-refractivity contribution in [3.63, 3.8) is 0 Å². The van der Waals surface area contributed by atoms with E-state index in [-0.39, 0.29) is 6.04 Å². The largest absolute Gasteiger partial charge is 0.324 e. The third-order valence-electron chi connectivity index (χ3n) is 2.06. The van der Waals surface area contributed by atoms with E-state index in [0.29, 0.717) is 5.16 Å². The third kappa shape index (κ3) is 2.37. The van der Waals surface area contributed by atoms with Crippen LogP contribution in [0.4, 0.5) is 0 Å². The van der Waals surface area contributed by atoms with E-state index in [9.17, 15) is 0 Å². The fraction of sp³-hybridized carbons (Fsp3) is 0.333. The van der Waals surface area contributed by atoms with Gasteiger partial charge in [0.15, 0.2) is 0 Å². The van der Waals surface area contributed by atoms with Crippen LogP contribution in [0.5, 0.6) is 0 Å². The van der Waals surface area contributed by atoms with Crippen LogP contribution < -0.4 is 5.73 Å². The molecule has 0 amide bonds. The molecule has 0 unspecified atom stereocenters. The molecule has 0 aromatic carbocycles. The van der Waals surface area contributed by atoms with Gasteiger partial charge in [-0.3, -0.25) is 0 Å². The van der Waals surface area contributed by atoms with E-state index >= 15 is 0 Å². The maximum absolute atomic E-state index is 5.80. The summed E-state index contributed by atoms with van der Waals surface area (Å²) in [5, 5.41) is 12.7. The van der Waals surface area contributed by atoms with E-state index in [1.165, 1.54) is 11.8 Å². The monoisotopic (exact) mass is 236 g/mol. The summed E-state index contributed by atoms with van der Waals surface area (Å²) in [6.07, 6.45) is 1.74. The van der Waals surface area contributed by atoms with Gasteiger partial charge in [-0.15, -0.1) is 5.10 Å². The summed E-state index contributed by atoms with van der Waals surface area (Å²) >= 11 is 1.41. The van der Waals surface area contributed by atoms with Crippen LogP contribution in [0.2, 0.25) is 0 Å². The molecule has 2 rings (SSSR count). The molecule has 0 spiro atoms. The lowest BCUT2D eigenvalue weighted by molar-refractivity contribution is 0.664. The summed E-state index contributed by atoms with van der Waals surface area (Å²) in [5.41, 5.74) is 6.85. The van der Waals surface area contributed by atoms with Crippen LogP contribution in [-0.4, -0.2) is 25.2 Å². The van der Waals surface area contributed by atoms with E-state index in [0.717, 1.165) is 10.6 Å². The Balaban J connectivity index is 2.22. The molecule has 0 aliphatic heterocycles. The van der Waals surface area contributed by atoms with Crippen LogP contribution >= 0.6 is 11.8 Å². The van der Waals surface area contributed by atoms with Crippen LogP contribution in [-0.2, 0) is 7.05 Å². The Morgan fingerprint density at radius 3 is 2.94 bits per heavy atom. The van der Waals surface area contributed by atoms with Crippen LogP contribution in [0.3, 0.4) is 0 Å². The van der Waals surface area contributed by atoms with E-state index in [1.54, 1.807) is 17.9 Å². The zero-order chi connectivity index (χ0) is 11.5. The highest BCUT2D eigenvalue weighted by molar-refractivity contribution is 7.99. The number of aromatic nitrogens is 5. The molecule has 2 N–H and O–H groups in total. The van der Waals surface area contributed by atoms with E-state index in [1.807, 2.05) is 19.1 Å². The number of tetrazole rings is 1. The molecule has 6 nitrogen and oxygen atoms in total. The first kappa shape index (κ1) is 11.0. The zero-order valence-corrected chi connectivity index (χ0v) is 9.85. The lowest BCUT2D eigenvalue weighted by Gasteiger charge is -2.06. The average Bonchev–Trinajstić information content (AvgIpc) is 2.65. The molecule has 16 heavy (non-hydrogen) atoms. The Kier molecular flexibility index (Phi) is 3.16. The lowest BCUT2D eigenvalue weighted by Crippen LogP contribution is -2.05. The molecule has 2 aromatic rings. The number of nitrogens with zero attached hydrogens (tertiary/aromatic N) is 5. The standard InChI is InChI=1S/C9H12N6S/c1-6(10)7-3-4-11-8(5-7)16-9-12-13-14-15(9)2/h3-6H,10H2,1-2H3/t6-/m0/s1. The molecule has 0 aliphatic rings. The maximum Gasteiger partial charge on any atom is 0.215 e. The number of rotatable bonds is 3. The first-order valence-corrected chi connectivity index (χ1v) is 5.60. The van der Waals surface area contributed by atoms with Gasteiger partial charge in [-0.2, -0.15) is 0 Å². The van der Waals surface area contributed by atoms with E-state index < -0.39 is 0 Å². The summed E-state index contributed by atoms with van der Waals surface area (Å²) in [4.78, 5) is 4.24. The van der Waals surface area contributed by atoms with Crippen molar-refractivity contribution in [2.24, 2.45) is 12.8 Å². The molecule has 0 bridgehead atoms. The fourth-order valence-corrected chi connectivity index (χ4v) is 1.91. The van der Waals surface area contributed by atoms with Gasteiger partial charge in [-0.1, -0.05) is 0 Å². The van der Waals surface area contributed by atoms with Gasteiger partial charge in [-0.05, 0) is 46.8 Å². The number of nitrogens with two attached hydrogens (primary N) is 1. The van der Waals surface area contributed by atoms with Crippen molar-refractivity contribution >= 4 is 11.8 Å². The van der Waals surface area contributed by atoms with Crippen LogP contribution in [0, 0.1) is 0 Å². The van der Waals surface area contributed by atoms with Crippen molar-refractivity contribution in [3.05, 3.63) is 23.9 Å². The molecule has 7 heteroatoms. The van der Waals surface area contributed by atoms with Crippen molar-refractivity contribution in [2.45, 2.75) is 23.1 Å². The molecular formula is C9H12N6S.